The third-order valence-electron chi connectivity index (χ3n) is 4.48. The van der Waals surface area contributed by atoms with Gasteiger partial charge < -0.3 is 14.7 Å². The molecule has 23 heavy (non-hydrogen) atoms. The zero-order valence-corrected chi connectivity index (χ0v) is 12.7. The highest BCUT2D eigenvalue weighted by molar-refractivity contribution is 5.76. The molecule has 0 amide bonds. The molecular formula is C16H17N5O2. The van der Waals surface area contributed by atoms with Crippen molar-refractivity contribution in [1.82, 2.24) is 24.4 Å². The molecule has 3 heterocycles. The Morgan fingerprint density at radius 2 is 2.26 bits per heavy atom. The Morgan fingerprint density at radius 1 is 1.43 bits per heavy atom. The number of para-hydroxylation sites is 2. The van der Waals surface area contributed by atoms with Crippen LogP contribution in [-0.4, -0.2) is 42.0 Å². The first-order valence-electron chi connectivity index (χ1n) is 7.54. The number of carboxylic acid groups (broad SMARTS) is 1. The first-order valence-corrected chi connectivity index (χ1v) is 7.54. The lowest BCUT2D eigenvalue weighted by Gasteiger charge is -2.31. The van der Waals surface area contributed by atoms with Gasteiger partial charge in [-0.05, 0) is 12.1 Å². The Hall–Kier alpha value is -2.67. The lowest BCUT2D eigenvalue weighted by atomic mass is 10.0. The van der Waals surface area contributed by atoms with Crippen LogP contribution in [0, 0.1) is 0 Å². The predicted molar refractivity (Wildman–Crippen MR) is 83.8 cm³/mol. The van der Waals surface area contributed by atoms with E-state index in [1.165, 1.54) is 0 Å². The number of aromatic nitrogens is 4. The van der Waals surface area contributed by atoms with Crippen molar-refractivity contribution >= 4 is 17.0 Å². The van der Waals surface area contributed by atoms with Crippen molar-refractivity contribution in [3.8, 4) is 0 Å². The first kappa shape index (κ1) is 14.0. The van der Waals surface area contributed by atoms with E-state index in [1.807, 2.05) is 40.8 Å². The smallest absolute Gasteiger partial charge is 0.327 e. The lowest BCUT2D eigenvalue weighted by Crippen LogP contribution is -2.39. The summed E-state index contributed by atoms with van der Waals surface area (Å²) in [6, 6.07) is 7.18. The van der Waals surface area contributed by atoms with Gasteiger partial charge in [-0.25, -0.2) is 9.97 Å². The van der Waals surface area contributed by atoms with Gasteiger partial charge in [-0.1, -0.05) is 12.1 Å². The Bertz CT molecular complexity index is 882. The predicted octanol–water partition coefficient (Wildman–Crippen LogP) is 1.48. The highest BCUT2D eigenvalue weighted by Crippen LogP contribution is 2.29. The van der Waals surface area contributed by atoms with Gasteiger partial charge >= 0.3 is 5.97 Å². The average molecular weight is 311 g/mol. The number of imidazole rings is 2. The number of aliphatic carboxylic acids is 1. The molecule has 0 saturated carbocycles. The summed E-state index contributed by atoms with van der Waals surface area (Å²) in [6.07, 6.45) is 2.34. The minimum absolute atomic E-state index is 0.481. The van der Waals surface area contributed by atoms with Crippen LogP contribution in [-0.2, 0) is 24.8 Å². The van der Waals surface area contributed by atoms with Gasteiger partial charge in [0.05, 0.1) is 29.6 Å². The summed E-state index contributed by atoms with van der Waals surface area (Å²) < 4.78 is 2.02. The number of nitrogens with zero attached hydrogens (tertiary/aromatic N) is 4. The number of aromatic amines is 1. The fourth-order valence-corrected chi connectivity index (χ4v) is 3.29. The van der Waals surface area contributed by atoms with E-state index in [1.54, 1.807) is 6.33 Å². The maximum atomic E-state index is 11.7. The summed E-state index contributed by atoms with van der Waals surface area (Å²) in [7, 11) is 1.96. The minimum Gasteiger partial charge on any atom is -0.480 e. The van der Waals surface area contributed by atoms with Crippen LogP contribution >= 0.6 is 0 Å². The zero-order chi connectivity index (χ0) is 16.0. The second-order valence-corrected chi connectivity index (χ2v) is 5.80. The molecule has 0 aliphatic carbocycles. The van der Waals surface area contributed by atoms with Crippen molar-refractivity contribution in [2.24, 2.45) is 7.05 Å². The minimum atomic E-state index is -0.878. The number of benzene rings is 1. The number of rotatable bonds is 3. The Kier molecular flexibility index (Phi) is 3.16. The van der Waals surface area contributed by atoms with E-state index in [0.717, 1.165) is 29.0 Å². The van der Waals surface area contributed by atoms with Gasteiger partial charge in [0.1, 0.15) is 5.82 Å². The van der Waals surface area contributed by atoms with Crippen molar-refractivity contribution in [3.05, 3.63) is 47.8 Å². The molecule has 2 aromatic heterocycles. The maximum Gasteiger partial charge on any atom is 0.327 e. The highest BCUT2D eigenvalue weighted by atomic mass is 16.4. The van der Waals surface area contributed by atoms with Gasteiger partial charge in [-0.2, -0.15) is 0 Å². The van der Waals surface area contributed by atoms with Crippen LogP contribution < -0.4 is 0 Å². The number of carboxylic acids is 1. The molecule has 118 valence electrons. The SMILES string of the molecule is Cn1c(CN2CCc3[nH]cnc3[C@H]2C(=O)O)nc2ccccc21. The monoisotopic (exact) mass is 311 g/mol. The van der Waals surface area contributed by atoms with E-state index >= 15 is 0 Å². The fourth-order valence-electron chi connectivity index (χ4n) is 3.29. The molecule has 4 rings (SSSR count). The number of fused-ring (bicyclic) bond motifs is 2. The molecule has 1 atom stereocenters. The van der Waals surface area contributed by atoms with Crippen LogP contribution in [0.5, 0.6) is 0 Å². The van der Waals surface area contributed by atoms with E-state index in [-0.39, 0.29) is 0 Å². The third-order valence-corrected chi connectivity index (χ3v) is 4.48. The van der Waals surface area contributed by atoms with E-state index in [4.69, 9.17) is 0 Å². The van der Waals surface area contributed by atoms with Crippen molar-refractivity contribution in [1.29, 1.82) is 0 Å². The molecule has 7 heteroatoms. The largest absolute Gasteiger partial charge is 0.480 e. The van der Waals surface area contributed by atoms with Gasteiger partial charge in [-0.3, -0.25) is 9.69 Å². The zero-order valence-electron chi connectivity index (χ0n) is 12.7. The molecule has 1 aliphatic heterocycles. The topological polar surface area (TPSA) is 87.0 Å². The summed E-state index contributed by atoms with van der Waals surface area (Å²) in [6.45, 7) is 1.14. The summed E-state index contributed by atoms with van der Waals surface area (Å²) in [5, 5.41) is 9.64. The molecule has 0 spiro atoms. The fraction of sp³-hybridized carbons (Fsp3) is 0.312. The molecule has 0 bridgehead atoms. The van der Waals surface area contributed by atoms with Gasteiger partial charge in [0.15, 0.2) is 6.04 Å². The number of hydrogen-bond acceptors (Lipinski definition) is 4. The summed E-state index contributed by atoms with van der Waals surface area (Å²) in [5.74, 6) is -0.0201. The Morgan fingerprint density at radius 3 is 3.04 bits per heavy atom. The van der Waals surface area contributed by atoms with Crippen LogP contribution in [0.1, 0.15) is 23.3 Å². The summed E-state index contributed by atoms with van der Waals surface area (Å²) in [4.78, 5) is 25.6. The molecule has 0 fully saturated rings. The van der Waals surface area contributed by atoms with Gasteiger partial charge in [0, 0.05) is 25.7 Å². The van der Waals surface area contributed by atoms with Gasteiger partial charge in [0.2, 0.25) is 0 Å². The highest BCUT2D eigenvalue weighted by Gasteiger charge is 2.35. The van der Waals surface area contributed by atoms with Crippen molar-refractivity contribution in [2.75, 3.05) is 6.54 Å². The third kappa shape index (κ3) is 2.20. The summed E-state index contributed by atoms with van der Waals surface area (Å²) >= 11 is 0. The van der Waals surface area contributed by atoms with Crippen LogP contribution in [0.4, 0.5) is 0 Å². The molecule has 1 aromatic carbocycles. The van der Waals surface area contributed by atoms with Crippen molar-refractivity contribution < 1.29 is 9.90 Å². The molecule has 3 aromatic rings. The molecule has 7 nitrogen and oxygen atoms in total. The van der Waals surface area contributed by atoms with Crippen molar-refractivity contribution in [3.63, 3.8) is 0 Å². The number of aryl methyl sites for hydroxylation is 1. The summed E-state index contributed by atoms with van der Waals surface area (Å²) in [5.41, 5.74) is 3.50. The number of H-pyrrole nitrogens is 1. The normalized spacial score (nSPS) is 18.2. The molecule has 0 radical (unpaired) electrons. The quantitative estimate of drug-likeness (QED) is 0.765. The molecule has 2 N–H and O–H groups in total. The molecular weight excluding hydrogens is 294 g/mol. The molecule has 1 aliphatic rings. The van der Waals surface area contributed by atoms with Crippen molar-refractivity contribution in [2.45, 2.75) is 19.0 Å². The van der Waals surface area contributed by atoms with E-state index < -0.39 is 12.0 Å². The second-order valence-electron chi connectivity index (χ2n) is 5.80. The van der Waals surface area contributed by atoms with Gasteiger partial charge in [-0.15, -0.1) is 0 Å². The molecule has 0 unspecified atom stereocenters. The Labute approximate surface area is 132 Å². The van der Waals surface area contributed by atoms with E-state index in [2.05, 4.69) is 15.0 Å². The number of hydrogen-bond donors (Lipinski definition) is 2. The van der Waals surface area contributed by atoms with E-state index in [0.29, 0.717) is 18.8 Å². The number of nitrogens with one attached hydrogen (secondary N) is 1. The maximum absolute atomic E-state index is 11.7. The average Bonchev–Trinajstić information content (AvgIpc) is 3.12. The van der Waals surface area contributed by atoms with Crippen LogP contribution in [0.2, 0.25) is 0 Å². The first-order chi connectivity index (χ1) is 11.1. The molecule has 0 saturated heterocycles. The van der Waals surface area contributed by atoms with Crippen LogP contribution in [0.15, 0.2) is 30.6 Å². The standard InChI is InChI=1S/C16H17N5O2/c1-20-12-5-3-2-4-10(12)19-13(20)8-21-7-6-11-14(18-9-17-11)15(21)16(22)23/h2-5,9,15H,6-8H2,1H3,(H,17,18)(H,22,23)/t15-/m0/s1. The van der Waals surface area contributed by atoms with E-state index in [9.17, 15) is 9.90 Å². The van der Waals surface area contributed by atoms with Crippen LogP contribution in [0.25, 0.3) is 11.0 Å². The number of carbonyl (C=O) groups is 1. The Balaban J connectivity index is 1.70. The second kappa shape index (κ2) is 5.20. The van der Waals surface area contributed by atoms with Gasteiger partial charge in [0.25, 0.3) is 0 Å². The lowest BCUT2D eigenvalue weighted by molar-refractivity contribution is -0.144. The van der Waals surface area contributed by atoms with Crippen LogP contribution in [0.3, 0.4) is 0 Å².